The number of nitrogens with one attached hydrogen (secondary N) is 1. The molecule has 1 fully saturated rings. The fraction of sp³-hybridized carbons (Fsp3) is 0.632. The first kappa shape index (κ1) is 24.3. The second kappa shape index (κ2) is 9.86. The maximum absolute atomic E-state index is 12.7. The third-order valence-corrected chi connectivity index (χ3v) is 5.22. The zero-order valence-corrected chi connectivity index (χ0v) is 18.3. The number of alkyl carbamates (subject to hydrolysis) is 1. The lowest BCUT2D eigenvalue weighted by Gasteiger charge is -2.40. The predicted octanol–water partition coefficient (Wildman–Crippen LogP) is 2.86. The third kappa shape index (κ3) is 7.67. The molecule has 0 aliphatic carbocycles. The summed E-state index contributed by atoms with van der Waals surface area (Å²) in [6, 6.07) is 1.97. The number of thioether (sulfide) groups is 1. The molecule has 1 saturated heterocycles. The number of halogens is 3. The van der Waals surface area contributed by atoms with Crippen molar-refractivity contribution in [2.75, 3.05) is 39.0 Å². The Hall–Kier alpha value is -2.01. The van der Waals surface area contributed by atoms with Crippen LogP contribution in [0, 0.1) is 0 Å². The molecule has 1 aliphatic rings. The molecule has 1 unspecified atom stereocenters. The van der Waals surface area contributed by atoms with Crippen molar-refractivity contribution >= 4 is 23.8 Å². The molecule has 0 saturated carbocycles. The summed E-state index contributed by atoms with van der Waals surface area (Å²) in [4.78, 5) is 32.2. The Morgan fingerprint density at radius 1 is 1.27 bits per heavy atom. The van der Waals surface area contributed by atoms with E-state index in [0.717, 1.165) is 24.0 Å². The van der Waals surface area contributed by atoms with Crippen molar-refractivity contribution in [2.24, 2.45) is 0 Å². The summed E-state index contributed by atoms with van der Waals surface area (Å²) >= 11 is 1.08. The van der Waals surface area contributed by atoms with E-state index in [1.165, 1.54) is 6.07 Å². The summed E-state index contributed by atoms with van der Waals surface area (Å²) < 4.78 is 43.1. The van der Waals surface area contributed by atoms with Crippen LogP contribution < -0.4 is 5.32 Å². The van der Waals surface area contributed by atoms with Gasteiger partial charge in [0.15, 0.2) is 0 Å². The van der Waals surface area contributed by atoms with Gasteiger partial charge in [0.05, 0.1) is 22.4 Å². The number of aromatic nitrogens is 1. The monoisotopic (exact) mass is 448 g/mol. The van der Waals surface area contributed by atoms with Gasteiger partial charge < -0.3 is 19.9 Å². The van der Waals surface area contributed by atoms with E-state index in [2.05, 4.69) is 15.2 Å². The van der Waals surface area contributed by atoms with E-state index in [1.54, 1.807) is 25.7 Å². The molecule has 0 bridgehead atoms. The van der Waals surface area contributed by atoms with Crippen LogP contribution in [0.15, 0.2) is 23.4 Å². The Balaban J connectivity index is 1.92. The molecule has 1 N–H and O–H groups in total. The van der Waals surface area contributed by atoms with Crippen molar-refractivity contribution in [3.8, 4) is 0 Å². The fourth-order valence-corrected chi connectivity index (χ4v) is 3.61. The van der Waals surface area contributed by atoms with Gasteiger partial charge in [0.1, 0.15) is 5.60 Å². The minimum Gasteiger partial charge on any atom is -0.444 e. The molecule has 2 rings (SSSR count). The van der Waals surface area contributed by atoms with Crippen LogP contribution in [0.1, 0.15) is 26.3 Å². The molecule has 0 radical (unpaired) electrons. The molecular weight excluding hydrogens is 421 g/mol. The summed E-state index contributed by atoms with van der Waals surface area (Å²) in [5.74, 6) is -0.115. The minimum absolute atomic E-state index is 0.0466. The first-order valence-electron chi connectivity index (χ1n) is 9.46. The molecule has 2 heterocycles. The number of amides is 2. The van der Waals surface area contributed by atoms with Crippen LogP contribution in [-0.2, 0) is 15.7 Å². The molecule has 1 aromatic rings. The van der Waals surface area contributed by atoms with Gasteiger partial charge in [-0.1, -0.05) is 11.8 Å². The number of hydrogen-bond acceptors (Lipinski definition) is 6. The Morgan fingerprint density at radius 3 is 2.53 bits per heavy atom. The third-order valence-electron chi connectivity index (χ3n) is 4.29. The van der Waals surface area contributed by atoms with Crippen molar-refractivity contribution in [2.45, 2.75) is 43.6 Å². The first-order valence-corrected chi connectivity index (χ1v) is 10.4. The summed E-state index contributed by atoms with van der Waals surface area (Å²) in [7, 11) is 1.93. The number of rotatable bonds is 5. The quantitative estimate of drug-likeness (QED) is 0.699. The van der Waals surface area contributed by atoms with Crippen molar-refractivity contribution in [1.29, 1.82) is 0 Å². The van der Waals surface area contributed by atoms with Gasteiger partial charge in [0.2, 0.25) is 5.91 Å². The normalized spacial score (nSPS) is 18.2. The highest BCUT2D eigenvalue weighted by Gasteiger charge is 2.31. The van der Waals surface area contributed by atoms with Gasteiger partial charge in [-0.15, -0.1) is 0 Å². The molecule has 0 spiro atoms. The highest BCUT2D eigenvalue weighted by Crippen LogP contribution is 2.29. The lowest BCUT2D eigenvalue weighted by Crippen LogP contribution is -2.58. The van der Waals surface area contributed by atoms with Gasteiger partial charge in [-0.2, -0.15) is 13.2 Å². The van der Waals surface area contributed by atoms with Gasteiger partial charge >= 0.3 is 12.3 Å². The minimum atomic E-state index is -4.44. The second-order valence-electron chi connectivity index (χ2n) is 8.06. The Bertz CT molecular complexity index is 738. The van der Waals surface area contributed by atoms with Crippen molar-refractivity contribution in [3.63, 3.8) is 0 Å². The molecule has 168 valence electrons. The predicted molar refractivity (Wildman–Crippen MR) is 107 cm³/mol. The van der Waals surface area contributed by atoms with Crippen LogP contribution >= 0.6 is 11.8 Å². The van der Waals surface area contributed by atoms with E-state index in [-0.39, 0.29) is 24.2 Å². The van der Waals surface area contributed by atoms with Crippen molar-refractivity contribution in [1.82, 2.24) is 20.1 Å². The van der Waals surface area contributed by atoms with Crippen LogP contribution in [0.3, 0.4) is 0 Å². The number of carbonyl (C=O) groups is 2. The molecule has 0 aromatic carbocycles. The van der Waals surface area contributed by atoms with Crippen LogP contribution in [-0.4, -0.2) is 77.4 Å². The number of nitrogens with zero attached hydrogens (tertiary/aromatic N) is 3. The Kier molecular flexibility index (Phi) is 7.98. The summed E-state index contributed by atoms with van der Waals surface area (Å²) in [5, 5.41) is 3.04. The summed E-state index contributed by atoms with van der Waals surface area (Å²) in [6.07, 6.45) is -4.23. The standard InChI is InChI=1S/C19H27F3N4O3S/c1-18(2,3)29-17(28)24-10-14-11-25(4)7-8-26(14)16(27)12-30-15-6-5-13(9-23-15)19(20,21)22/h5-6,9,14H,7-8,10-12H2,1-4H3,(H,24,28). The molecule has 2 amide bonds. The largest absolute Gasteiger partial charge is 0.444 e. The number of pyridine rings is 1. The number of likely N-dealkylation sites (N-methyl/N-ethyl adjacent to an activating group) is 1. The number of ether oxygens (including phenoxy) is 1. The Morgan fingerprint density at radius 2 is 1.97 bits per heavy atom. The number of carbonyl (C=O) groups excluding carboxylic acids is 2. The van der Waals surface area contributed by atoms with Gasteiger partial charge in [0, 0.05) is 32.4 Å². The Labute approximate surface area is 178 Å². The van der Waals surface area contributed by atoms with Crippen LogP contribution in [0.4, 0.5) is 18.0 Å². The molecular formula is C19H27F3N4O3S. The lowest BCUT2D eigenvalue weighted by atomic mass is 10.1. The highest BCUT2D eigenvalue weighted by atomic mass is 32.2. The SMILES string of the molecule is CN1CCN(C(=O)CSc2ccc(C(F)(F)F)cn2)C(CNC(=O)OC(C)(C)C)C1. The number of alkyl halides is 3. The second-order valence-corrected chi connectivity index (χ2v) is 9.05. The van der Waals surface area contributed by atoms with Crippen LogP contribution in [0.2, 0.25) is 0 Å². The molecule has 1 aromatic heterocycles. The number of hydrogen-bond donors (Lipinski definition) is 1. The van der Waals surface area contributed by atoms with Crippen molar-refractivity contribution in [3.05, 3.63) is 23.9 Å². The van der Waals surface area contributed by atoms with Gasteiger partial charge in [-0.25, -0.2) is 9.78 Å². The van der Waals surface area contributed by atoms with E-state index < -0.39 is 23.4 Å². The molecule has 7 nitrogen and oxygen atoms in total. The van der Waals surface area contributed by atoms with E-state index in [4.69, 9.17) is 4.74 Å². The number of piperazine rings is 1. The zero-order valence-electron chi connectivity index (χ0n) is 17.5. The summed E-state index contributed by atoms with van der Waals surface area (Å²) in [6.45, 7) is 7.32. The fourth-order valence-electron chi connectivity index (χ4n) is 2.88. The maximum atomic E-state index is 12.7. The first-order chi connectivity index (χ1) is 13.8. The maximum Gasteiger partial charge on any atom is 0.417 e. The molecule has 1 atom stereocenters. The lowest BCUT2D eigenvalue weighted by molar-refractivity contribution is -0.138. The van der Waals surface area contributed by atoms with Gasteiger partial charge in [-0.3, -0.25) is 4.79 Å². The van der Waals surface area contributed by atoms with Crippen LogP contribution in [0.5, 0.6) is 0 Å². The van der Waals surface area contributed by atoms with Gasteiger partial charge in [-0.05, 0) is 40.0 Å². The van der Waals surface area contributed by atoms with E-state index in [1.807, 2.05) is 7.05 Å². The van der Waals surface area contributed by atoms with E-state index >= 15 is 0 Å². The van der Waals surface area contributed by atoms with Crippen molar-refractivity contribution < 1.29 is 27.5 Å². The topological polar surface area (TPSA) is 74.8 Å². The summed E-state index contributed by atoms with van der Waals surface area (Å²) in [5.41, 5.74) is -1.45. The van der Waals surface area contributed by atoms with E-state index in [0.29, 0.717) is 24.7 Å². The van der Waals surface area contributed by atoms with Crippen LogP contribution in [0.25, 0.3) is 0 Å². The van der Waals surface area contributed by atoms with E-state index in [9.17, 15) is 22.8 Å². The highest BCUT2D eigenvalue weighted by molar-refractivity contribution is 7.99. The average molecular weight is 449 g/mol. The zero-order chi connectivity index (χ0) is 22.5. The average Bonchev–Trinajstić information content (AvgIpc) is 2.63. The smallest absolute Gasteiger partial charge is 0.417 e. The molecule has 1 aliphatic heterocycles. The molecule has 30 heavy (non-hydrogen) atoms. The van der Waals surface area contributed by atoms with Gasteiger partial charge in [0.25, 0.3) is 0 Å². The molecule has 11 heteroatoms.